The van der Waals surface area contributed by atoms with Gasteiger partial charge in [0, 0.05) is 6.54 Å². The Labute approximate surface area is 125 Å². The number of ether oxygens (including phenoxy) is 1. The standard InChI is InChI=1S/C14H21NO5S/c1-11(12-6-4-3-5-7-12)8-9-15-10-13(14(16)20-2)21(17,18)19/h3-7,11,13,15H,8-10H2,1-2H3,(H,17,18,19). The maximum atomic E-state index is 11.3. The number of rotatable bonds is 8. The van der Waals surface area contributed by atoms with Crippen molar-refractivity contribution in [1.29, 1.82) is 0 Å². The molecule has 0 saturated carbocycles. The largest absolute Gasteiger partial charge is 0.468 e. The van der Waals surface area contributed by atoms with Crippen LogP contribution in [0.25, 0.3) is 0 Å². The van der Waals surface area contributed by atoms with Crippen LogP contribution in [0.1, 0.15) is 24.8 Å². The first-order valence-electron chi connectivity index (χ1n) is 6.66. The first kappa shape index (κ1) is 17.6. The number of carbonyl (C=O) groups excluding carboxylic acids is 1. The third-order valence-corrected chi connectivity index (χ3v) is 4.35. The Morgan fingerprint density at radius 2 is 1.95 bits per heavy atom. The van der Waals surface area contributed by atoms with Crippen LogP contribution < -0.4 is 5.32 Å². The SMILES string of the molecule is COC(=O)C(CNCCC(C)c1ccccc1)S(=O)(=O)O. The minimum Gasteiger partial charge on any atom is -0.468 e. The highest BCUT2D eigenvalue weighted by atomic mass is 32.2. The molecule has 0 fully saturated rings. The molecule has 0 amide bonds. The lowest BCUT2D eigenvalue weighted by molar-refractivity contribution is -0.140. The van der Waals surface area contributed by atoms with E-state index in [2.05, 4.69) is 17.0 Å². The third-order valence-electron chi connectivity index (χ3n) is 3.28. The highest BCUT2D eigenvalue weighted by molar-refractivity contribution is 7.87. The van der Waals surface area contributed by atoms with Crippen LogP contribution in [0.4, 0.5) is 0 Å². The number of benzene rings is 1. The number of carbonyl (C=O) groups is 1. The van der Waals surface area contributed by atoms with E-state index in [1.165, 1.54) is 5.56 Å². The Bertz CT molecular complexity index is 544. The summed E-state index contributed by atoms with van der Waals surface area (Å²) in [6.07, 6.45) is 0.781. The first-order valence-corrected chi connectivity index (χ1v) is 8.16. The van der Waals surface area contributed by atoms with Crippen molar-refractivity contribution in [2.45, 2.75) is 24.5 Å². The molecule has 0 heterocycles. The molecular weight excluding hydrogens is 294 g/mol. The van der Waals surface area contributed by atoms with Crippen molar-refractivity contribution in [2.75, 3.05) is 20.2 Å². The van der Waals surface area contributed by atoms with Crippen LogP contribution in [0, 0.1) is 0 Å². The molecule has 0 spiro atoms. The van der Waals surface area contributed by atoms with E-state index >= 15 is 0 Å². The predicted molar refractivity (Wildman–Crippen MR) is 79.7 cm³/mol. The lowest BCUT2D eigenvalue weighted by Crippen LogP contribution is -2.40. The van der Waals surface area contributed by atoms with Crippen molar-refractivity contribution < 1.29 is 22.5 Å². The molecule has 1 aromatic carbocycles. The van der Waals surface area contributed by atoms with Gasteiger partial charge in [-0.25, -0.2) is 0 Å². The zero-order chi connectivity index (χ0) is 15.9. The van der Waals surface area contributed by atoms with Gasteiger partial charge in [0.25, 0.3) is 10.1 Å². The van der Waals surface area contributed by atoms with Gasteiger partial charge in [-0.2, -0.15) is 8.42 Å². The molecule has 0 aromatic heterocycles. The molecule has 0 aliphatic carbocycles. The van der Waals surface area contributed by atoms with E-state index < -0.39 is 21.3 Å². The van der Waals surface area contributed by atoms with Gasteiger partial charge in [0.1, 0.15) is 0 Å². The van der Waals surface area contributed by atoms with Gasteiger partial charge in [-0.15, -0.1) is 0 Å². The van der Waals surface area contributed by atoms with Crippen molar-refractivity contribution in [3.05, 3.63) is 35.9 Å². The highest BCUT2D eigenvalue weighted by Gasteiger charge is 2.31. The molecule has 7 heteroatoms. The number of hydrogen-bond acceptors (Lipinski definition) is 5. The molecule has 21 heavy (non-hydrogen) atoms. The summed E-state index contributed by atoms with van der Waals surface area (Å²) in [5.74, 6) is -0.665. The van der Waals surface area contributed by atoms with Gasteiger partial charge in [0.2, 0.25) is 0 Å². The van der Waals surface area contributed by atoms with Gasteiger partial charge in [0.05, 0.1) is 7.11 Å². The van der Waals surface area contributed by atoms with E-state index in [-0.39, 0.29) is 6.54 Å². The lowest BCUT2D eigenvalue weighted by Gasteiger charge is -2.15. The minimum absolute atomic E-state index is 0.174. The summed E-state index contributed by atoms with van der Waals surface area (Å²) in [6, 6.07) is 9.93. The Hall–Kier alpha value is -1.44. The van der Waals surface area contributed by atoms with Crippen molar-refractivity contribution in [3.63, 3.8) is 0 Å². The van der Waals surface area contributed by atoms with E-state index in [0.29, 0.717) is 12.5 Å². The van der Waals surface area contributed by atoms with Crippen LogP contribution in [-0.4, -0.2) is 44.4 Å². The van der Waals surface area contributed by atoms with Crippen molar-refractivity contribution >= 4 is 16.1 Å². The second-order valence-corrected chi connectivity index (χ2v) is 6.43. The summed E-state index contributed by atoms with van der Waals surface area (Å²) < 4.78 is 35.6. The minimum atomic E-state index is -4.47. The monoisotopic (exact) mass is 315 g/mol. The van der Waals surface area contributed by atoms with Crippen LogP contribution in [0.2, 0.25) is 0 Å². The van der Waals surface area contributed by atoms with Gasteiger partial charge in [-0.3, -0.25) is 9.35 Å². The Morgan fingerprint density at radius 1 is 1.33 bits per heavy atom. The fraction of sp³-hybridized carbons (Fsp3) is 0.500. The Balaban J connectivity index is 2.43. The summed E-state index contributed by atoms with van der Waals surface area (Å²) in [5.41, 5.74) is 1.19. The molecule has 0 radical (unpaired) electrons. The molecule has 0 aliphatic rings. The fourth-order valence-electron chi connectivity index (χ4n) is 1.94. The van der Waals surface area contributed by atoms with Crippen LogP contribution in [0.5, 0.6) is 0 Å². The quantitative estimate of drug-likeness (QED) is 0.425. The van der Waals surface area contributed by atoms with Gasteiger partial charge in [0.15, 0.2) is 5.25 Å². The molecule has 118 valence electrons. The Morgan fingerprint density at radius 3 is 2.48 bits per heavy atom. The molecule has 6 nitrogen and oxygen atoms in total. The van der Waals surface area contributed by atoms with E-state index in [1.54, 1.807) is 0 Å². The van der Waals surface area contributed by atoms with Crippen molar-refractivity contribution in [3.8, 4) is 0 Å². The van der Waals surface area contributed by atoms with Gasteiger partial charge >= 0.3 is 5.97 Å². The summed E-state index contributed by atoms with van der Waals surface area (Å²) in [4.78, 5) is 11.3. The second kappa shape index (κ2) is 8.11. The summed E-state index contributed by atoms with van der Waals surface area (Å²) >= 11 is 0. The average Bonchev–Trinajstić information content (AvgIpc) is 2.45. The molecular formula is C14H21NO5S. The Kier molecular flexibility index (Phi) is 6.80. The summed E-state index contributed by atoms with van der Waals surface area (Å²) in [5, 5.41) is 1.28. The van der Waals surface area contributed by atoms with Crippen LogP contribution in [-0.2, 0) is 19.6 Å². The lowest BCUT2D eigenvalue weighted by atomic mass is 9.98. The molecule has 0 aliphatic heterocycles. The summed E-state index contributed by atoms with van der Waals surface area (Å²) in [6.45, 7) is 2.42. The maximum Gasteiger partial charge on any atom is 0.327 e. The van der Waals surface area contributed by atoms with Gasteiger partial charge < -0.3 is 10.1 Å². The van der Waals surface area contributed by atoms with E-state index in [4.69, 9.17) is 4.55 Å². The molecule has 2 atom stereocenters. The van der Waals surface area contributed by atoms with E-state index in [9.17, 15) is 13.2 Å². The van der Waals surface area contributed by atoms with Crippen LogP contribution >= 0.6 is 0 Å². The van der Waals surface area contributed by atoms with Crippen molar-refractivity contribution in [1.82, 2.24) is 5.32 Å². The van der Waals surface area contributed by atoms with Gasteiger partial charge in [-0.1, -0.05) is 37.3 Å². The predicted octanol–water partition coefficient (Wildman–Crippen LogP) is 1.20. The molecule has 0 bridgehead atoms. The normalized spacial score (nSPS) is 14.4. The fourth-order valence-corrected chi connectivity index (χ4v) is 2.61. The zero-order valence-electron chi connectivity index (χ0n) is 12.2. The zero-order valence-corrected chi connectivity index (χ0v) is 13.0. The second-order valence-electron chi connectivity index (χ2n) is 4.83. The number of methoxy groups -OCH3 is 1. The maximum absolute atomic E-state index is 11.3. The molecule has 0 saturated heterocycles. The number of nitrogens with one attached hydrogen (secondary N) is 1. The highest BCUT2D eigenvalue weighted by Crippen LogP contribution is 2.17. The summed E-state index contributed by atoms with van der Waals surface area (Å²) in [7, 11) is -3.38. The van der Waals surface area contributed by atoms with E-state index in [1.807, 2.05) is 30.3 Å². The van der Waals surface area contributed by atoms with Gasteiger partial charge in [-0.05, 0) is 24.4 Å². The molecule has 2 unspecified atom stereocenters. The van der Waals surface area contributed by atoms with Crippen LogP contribution in [0.3, 0.4) is 0 Å². The van der Waals surface area contributed by atoms with E-state index in [0.717, 1.165) is 13.5 Å². The number of hydrogen-bond donors (Lipinski definition) is 2. The smallest absolute Gasteiger partial charge is 0.327 e. The molecule has 1 aromatic rings. The van der Waals surface area contributed by atoms with Crippen LogP contribution in [0.15, 0.2) is 30.3 Å². The molecule has 1 rings (SSSR count). The average molecular weight is 315 g/mol. The third kappa shape index (κ3) is 5.82. The van der Waals surface area contributed by atoms with Crippen molar-refractivity contribution in [2.24, 2.45) is 0 Å². The topological polar surface area (TPSA) is 92.7 Å². The first-order chi connectivity index (χ1) is 9.86. The number of esters is 1. The molecule has 2 N–H and O–H groups in total.